The minimum absolute atomic E-state index is 0.0448. The minimum Gasteiger partial charge on any atom is -0.347 e. The number of aromatic nitrogens is 1. The van der Waals surface area contributed by atoms with Crippen molar-refractivity contribution in [3.05, 3.63) is 11.1 Å². The van der Waals surface area contributed by atoms with Crippen LogP contribution in [0, 0.1) is 5.92 Å². The van der Waals surface area contributed by atoms with Crippen molar-refractivity contribution in [3.8, 4) is 0 Å². The van der Waals surface area contributed by atoms with Crippen molar-refractivity contribution in [2.45, 2.75) is 36.2 Å². The molecule has 0 aliphatic carbocycles. The highest BCUT2D eigenvalue weighted by Gasteiger charge is 2.40. The number of amides is 1. The second-order valence-electron chi connectivity index (χ2n) is 5.31. The van der Waals surface area contributed by atoms with Gasteiger partial charge in [0.25, 0.3) is 5.91 Å². The second-order valence-corrected chi connectivity index (χ2v) is 7.39. The predicted octanol–water partition coefficient (Wildman–Crippen LogP) is 2.08. The van der Waals surface area contributed by atoms with Crippen molar-refractivity contribution in [3.63, 3.8) is 0 Å². The Morgan fingerprint density at radius 3 is 2.84 bits per heavy atom. The number of thioether (sulfide) groups is 1. The zero-order chi connectivity index (χ0) is 13.4. The van der Waals surface area contributed by atoms with Gasteiger partial charge < -0.3 is 5.32 Å². The molecule has 0 radical (unpaired) electrons. The standard InChI is InChI=1S/C13H19N3OS2/c1-8-11(9-3-5-16(8)6-4-9)15-12(17)10-7-14-13(18-2)19-10/h7-9,11H,3-6H2,1-2H3,(H,15,17). The van der Waals surface area contributed by atoms with Gasteiger partial charge in [-0.15, -0.1) is 11.3 Å². The van der Waals surface area contributed by atoms with Crippen LogP contribution < -0.4 is 5.32 Å². The van der Waals surface area contributed by atoms with Crippen LogP contribution in [0.5, 0.6) is 0 Å². The van der Waals surface area contributed by atoms with Gasteiger partial charge in [-0.2, -0.15) is 0 Å². The van der Waals surface area contributed by atoms with Gasteiger partial charge in [-0.3, -0.25) is 9.69 Å². The van der Waals surface area contributed by atoms with Gasteiger partial charge in [0.05, 0.1) is 6.20 Å². The molecule has 6 heteroatoms. The predicted molar refractivity (Wildman–Crippen MR) is 78.9 cm³/mol. The molecule has 3 saturated heterocycles. The first kappa shape index (κ1) is 13.4. The van der Waals surface area contributed by atoms with E-state index in [0.29, 0.717) is 18.0 Å². The molecule has 0 spiro atoms. The minimum atomic E-state index is 0.0448. The van der Waals surface area contributed by atoms with E-state index in [2.05, 4.69) is 22.1 Å². The first-order valence-corrected chi connectivity index (χ1v) is 8.78. The molecule has 4 rings (SSSR count). The number of fused-ring (bicyclic) bond motifs is 3. The average Bonchev–Trinajstić information content (AvgIpc) is 2.92. The highest BCUT2D eigenvalue weighted by Crippen LogP contribution is 2.32. The maximum atomic E-state index is 12.3. The molecule has 1 aromatic heterocycles. The van der Waals surface area contributed by atoms with Crippen molar-refractivity contribution < 1.29 is 4.79 Å². The van der Waals surface area contributed by atoms with Gasteiger partial charge in [-0.1, -0.05) is 11.8 Å². The summed E-state index contributed by atoms with van der Waals surface area (Å²) in [5.74, 6) is 0.695. The Morgan fingerprint density at radius 2 is 2.26 bits per heavy atom. The second kappa shape index (κ2) is 5.42. The van der Waals surface area contributed by atoms with Crippen LogP contribution in [-0.2, 0) is 0 Å². The molecule has 3 aliphatic rings. The number of nitrogens with one attached hydrogen (secondary N) is 1. The quantitative estimate of drug-likeness (QED) is 0.868. The SMILES string of the molecule is CSc1ncc(C(=O)NC2C3CCN(CC3)C2C)s1. The van der Waals surface area contributed by atoms with Gasteiger partial charge in [0, 0.05) is 12.1 Å². The highest BCUT2D eigenvalue weighted by molar-refractivity contribution is 8.00. The summed E-state index contributed by atoms with van der Waals surface area (Å²) in [6, 6.07) is 0.763. The molecular formula is C13H19N3OS2. The van der Waals surface area contributed by atoms with E-state index in [0.717, 1.165) is 9.22 Å². The van der Waals surface area contributed by atoms with Crippen molar-refractivity contribution in [1.29, 1.82) is 0 Å². The van der Waals surface area contributed by atoms with Crippen LogP contribution in [0.15, 0.2) is 10.5 Å². The van der Waals surface area contributed by atoms with Gasteiger partial charge in [0.15, 0.2) is 0 Å². The van der Waals surface area contributed by atoms with Crippen molar-refractivity contribution in [2.75, 3.05) is 19.3 Å². The number of carbonyl (C=O) groups is 1. The molecule has 1 amide bonds. The summed E-state index contributed by atoms with van der Waals surface area (Å²) >= 11 is 3.06. The van der Waals surface area contributed by atoms with Gasteiger partial charge >= 0.3 is 0 Å². The van der Waals surface area contributed by atoms with Crippen LogP contribution in [0.4, 0.5) is 0 Å². The molecule has 2 bridgehead atoms. The lowest BCUT2D eigenvalue weighted by Gasteiger charge is -2.49. The molecule has 0 saturated carbocycles. The monoisotopic (exact) mass is 297 g/mol. The Balaban J connectivity index is 1.69. The number of rotatable bonds is 3. The van der Waals surface area contributed by atoms with Crippen molar-refractivity contribution >= 4 is 29.0 Å². The lowest BCUT2D eigenvalue weighted by atomic mass is 9.79. The van der Waals surface area contributed by atoms with Crippen LogP contribution in [0.1, 0.15) is 29.4 Å². The molecule has 1 aromatic rings. The average molecular weight is 297 g/mol. The highest BCUT2D eigenvalue weighted by atomic mass is 32.2. The summed E-state index contributed by atoms with van der Waals surface area (Å²) in [5, 5.41) is 3.23. The third-order valence-corrected chi connectivity index (χ3v) is 6.35. The zero-order valence-electron chi connectivity index (χ0n) is 11.3. The van der Waals surface area contributed by atoms with E-state index in [9.17, 15) is 4.79 Å². The summed E-state index contributed by atoms with van der Waals surface area (Å²) in [4.78, 5) is 19.7. The molecule has 4 nitrogen and oxygen atoms in total. The Hall–Kier alpha value is -0.590. The molecule has 2 unspecified atom stereocenters. The van der Waals surface area contributed by atoms with Gasteiger partial charge in [0.2, 0.25) is 0 Å². The normalized spacial score (nSPS) is 33.4. The summed E-state index contributed by atoms with van der Waals surface area (Å²) in [6.07, 6.45) is 6.11. The smallest absolute Gasteiger partial charge is 0.263 e. The Bertz CT molecular complexity index is 466. The number of carbonyl (C=O) groups excluding carboxylic acids is 1. The molecular weight excluding hydrogens is 278 g/mol. The summed E-state index contributed by atoms with van der Waals surface area (Å²) < 4.78 is 0.951. The van der Waals surface area contributed by atoms with Gasteiger partial charge in [0.1, 0.15) is 9.22 Å². The lowest BCUT2D eigenvalue weighted by molar-refractivity contribution is 0.0218. The topological polar surface area (TPSA) is 45.2 Å². The van der Waals surface area contributed by atoms with Crippen LogP contribution in [0.2, 0.25) is 0 Å². The maximum absolute atomic E-state index is 12.3. The number of thiazole rings is 1. The van der Waals surface area contributed by atoms with E-state index in [1.54, 1.807) is 18.0 Å². The molecule has 2 atom stereocenters. The fraction of sp³-hybridized carbons (Fsp3) is 0.692. The number of piperidine rings is 3. The fourth-order valence-electron chi connectivity index (χ4n) is 3.23. The number of hydrogen-bond donors (Lipinski definition) is 1. The Kier molecular flexibility index (Phi) is 3.82. The van der Waals surface area contributed by atoms with E-state index in [1.165, 1.54) is 37.3 Å². The summed E-state index contributed by atoms with van der Waals surface area (Å²) in [6.45, 7) is 4.61. The van der Waals surface area contributed by atoms with E-state index < -0.39 is 0 Å². The van der Waals surface area contributed by atoms with Crippen molar-refractivity contribution in [2.24, 2.45) is 5.92 Å². The third kappa shape index (κ3) is 2.53. The molecule has 0 aromatic carbocycles. The first-order chi connectivity index (χ1) is 9.19. The van der Waals surface area contributed by atoms with Crippen LogP contribution >= 0.6 is 23.1 Å². The lowest BCUT2D eigenvalue weighted by Crippen LogP contribution is -2.62. The molecule has 4 heterocycles. The summed E-state index contributed by atoms with van der Waals surface area (Å²) in [5.41, 5.74) is 0. The van der Waals surface area contributed by atoms with E-state index in [1.807, 2.05) is 6.26 Å². The molecule has 1 N–H and O–H groups in total. The number of hydrogen-bond acceptors (Lipinski definition) is 5. The first-order valence-electron chi connectivity index (χ1n) is 6.74. The molecule has 104 valence electrons. The fourth-order valence-corrected chi connectivity index (χ4v) is 4.54. The van der Waals surface area contributed by atoms with Crippen LogP contribution in [-0.4, -0.2) is 47.2 Å². The Morgan fingerprint density at radius 1 is 1.53 bits per heavy atom. The third-order valence-electron chi connectivity index (χ3n) is 4.36. The summed E-state index contributed by atoms with van der Waals surface area (Å²) in [7, 11) is 0. The molecule has 3 aliphatic heterocycles. The Labute approximate surface area is 122 Å². The van der Waals surface area contributed by atoms with Crippen molar-refractivity contribution in [1.82, 2.24) is 15.2 Å². The zero-order valence-corrected chi connectivity index (χ0v) is 12.9. The maximum Gasteiger partial charge on any atom is 0.263 e. The number of nitrogens with zero attached hydrogens (tertiary/aromatic N) is 2. The largest absolute Gasteiger partial charge is 0.347 e. The van der Waals surface area contributed by atoms with Crippen LogP contribution in [0.25, 0.3) is 0 Å². The van der Waals surface area contributed by atoms with Crippen LogP contribution in [0.3, 0.4) is 0 Å². The van der Waals surface area contributed by atoms with E-state index in [-0.39, 0.29) is 5.91 Å². The van der Waals surface area contributed by atoms with Gasteiger partial charge in [-0.05, 0) is 45.0 Å². The molecule has 19 heavy (non-hydrogen) atoms. The van der Waals surface area contributed by atoms with E-state index in [4.69, 9.17) is 0 Å². The van der Waals surface area contributed by atoms with E-state index >= 15 is 0 Å². The molecule has 3 fully saturated rings. The van der Waals surface area contributed by atoms with Gasteiger partial charge in [-0.25, -0.2) is 4.98 Å².